The van der Waals surface area contributed by atoms with Gasteiger partial charge in [0.05, 0.1) is 25.7 Å². The standard InChI is InChI=1S/C27H30BrN5O3S/c1-16(2)37(35,36)23-8-6-5-7-21(23)31-24-20(28)14-29-26(32-24)30-18-11-12-22-19(13-18)27(3,4)25(34)33(22)15-17-9-10-17/h5-8,11-14,16-17H,9-10,15H2,1-4H3,(H2,29,30,31,32). The number of para-hydroxylation sites is 1. The Morgan fingerprint density at radius 1 is 1.14 bits per heavy atom. The van der Waals surface area contributed by atoms with Crippen LogP contribution in [-0.2, 0) is 20.0 Å². The highest BCUT2D eigenvalue weighted by Crippen LogP contribution is 2.45. The first-order valence-electron chi connectivity index (χ1n) is 12.3. The van der Waals surface area contributed by atoms with E-state index in [0.717, 1.165) is 23.5 Å². The number of nitrogens with zero attached hydrogens (tertiary/aromatic N) is 3. The van der Waals surface area contributed by atoms with Crippen LogP contribution < -0.4 is 15.5 Å². The first-order chi connectivity index (χ1) is 17.5. The van der Waals surface area contributed by atoms with Crippen LogP contribution in [0.15, 0.2) is 58.0 Å². The third-order valence-electron chi connectivity index (χ3n) is 6.95. The molecule has 1 aromatic heterocycles. The van der Waals surface area contributed by atoms with E-state index in [2.05, 4.69) is 36.5 Å². The number of carbonyl (C=O) groups is 1. The summed E-state index contributed by atoms with van der Waals surface area (Å²) in [5.74, 6) is 1.50. The highest BCUT2D eigenvalue weighted by atomic mass is 79.9. The zero-order chi connectivity index (χ0) is 26.5. The second-order valence-electron chi connectivity index (χ2n) is 10.4. The van der Waals surface area contributed by atoms with Gasteiger partial charge in [0.15, 0.2) is 9.84 Å². The molecule has 1 aliphatic heterocycles. The largest absolute Gasteiger partial charge is 0.338 e. The quantitative estimate of drug-likeness (QED) is 0.338. The van der Waals surface area contributed by atoms with E-state index in [0.29, 0.717) is 27.8 Å². The number of aromatic nitrogens is 2. The van der Waals surface area contributed by atoms with E-state index >= 15 is 0 Å². The zero-order valence-corrected chi connectivity index (χ0v) is 23.6. The van der Waals surface area contributed by atoms with Crippen LogP contribution in [0.5, 0.6) is 0 Å². The molecule has 1 fully saturated rings. The van der Waals surface area contributed by atoms with Crippen LogP contribution in [-0.4, -0.2) is 36.1 Å². The Kier molecular flexibility index (Phi) is 6.52. The topological polar surface area (TPSA) is 104 Å². The van der Waals surface area contributed by atoms with Gasteiger partial charge in [-0.1, -0.05) is 12.1 Å². The molecule has 2 aromatic carbocycles. The molecule has 10 heteroatoms. The zero-order valence-electron chi connectivity index (χ0n) is 21.2. The van der Waals surface area contributed by atoms with Gasteiger partial charge in [0.1, 0.15) is 5.82 Å². The van der Waals surface area contributed by atoms with Crippen molar-refractivity contribution in [3.05, 3.63) is 58.7 Å². The predicted octanol–water partition coefficient (Wildman–Crippen LogP) is 5.94. The molecule has 8 nitrogen and oxygen atoms in total. The second-order valence-corrected chi connectivity index (χ2v) is 13.8. The molecule has 194 valence electrons. The second kappa shape index (κ2) is 9.40. The van der Waals surface area contributed by atoms with Crippen LogP contribution in [0, 0.1) is 5.92 Å². The molecule has 0 radical (unpaired) electrons. The first kappa shape index (κ1) is 25.7. The molecule has 0 bridgehead atoms. The minimum atomic E-state index is -3.50. The van der Waals surface area contributed by atoms with Crippen LogP contribution in [0.1, 0.15) is 46.1 Å². The maximum Gasteiger partial charge on any atom is 0.237 e. The molecule has 5 rings (SSSR count). The van der Waals surface area contributed by atoms with Crippen LogP contribution in [0.25, 0.3) is 0 Å². The van der Waals surface area contributed by atoms with Crippen LogP contribution in [0.3, 0.4) is 0 Å². The van der Waals surface area contributed by atoms with E-state index in [1.54, 1.807) is 44.3 Å². The average molecular weight is 585 g/mol. The van der Waals surface area contributed by atoms with Gasteiger partial charge in [-0.2, -0.15) is 4.98 Å². The molecule has 2 aliphatic rings. The number of amides is 1. The van der Waals surface area contributed by atoms with Gasteiger partial charge in [0.25, 0.3) is 0 Å². The fourth-order valence-electron chi connectivity index (χ4n) is 4.50. The molecule has 2 N–H and O–H groups in total. The number of hydrogen-bond donors (Lipinski definition) is 2. The fourth-order valence-corrected chi connectivity index (χ4v) is 5.99. The number of benzene rings is 2. The van der Waals surface area contributed by atoms with Gasteiger partial charge in [-0.15, -0.1) is 0 Å². The minimum Gasteiger partial charge on any atom is -0.338 e. The molecule has 1 saturated carbocycles. The lowest BCUT2D eigenvalue weighted by Crippen LogP contribution is -2.37. The molecular formula is C27H30BrN5O3S. The SMILES string of the molecule is CC(C)S(=O)(=O)c1ccccc1Nc1nc(Nc2ccc3c(c2)C(C)(C)C(=O)N3CC2CC2)ncc1Br. The highest BCUT2D eigenvalue weighted by Gasteiger charge is 2.45. The lowest BCUT2D eigenvalue weighted by molar-refractivity contribution is -0.122. The molecule has 2 heterocycles. The van der Waals surface area contributed by atoms with Crippen molar-refractivity contribution >= 4 is 60.5 Å². The van der Waals surface area contributed by atoms with Crippen LogP contribution in [0.2, 0.25) is 0 Å². The smallest absolute Gasteiger partial charge is 0.237 e. The van der Waals surface area contributed by atoms with Gasteiger partial charge in [-0.3, -0.25) is 4.79 Å². The Bertz CT molecular complexity index is 1490. The van der Waals surface area contributed by atoms with E-state index in [1.165, 1.54) is 12.8 Å². The van der Waals surface area contributed by atoms with Gasteiger partial charge in [-0.25, -0.2) is 13.4 Å². The molecule has 1 amide bonds. The summed E-state index contributed by atoms with van der Waals surface area (Å²) in [6, 6.07) is 12.7. The van der Waals surface area contributed by atoms with Crippen molar-refractivity contribution in [2.75, 3.05) is 22.1 Å². The molecule has 3 aromatic rings. The molecule has 0 saturated heterocycles. The van der Waals surface area contributed by atoms with Crippen molar-refractivity contribution in [3.63, 3.8) is 0 Å². The summed E-state index contributed by atoms with van der Waals surface area (Å²) in [5, 5.41) is 5.83. The van der Waals surface area contributed by atoms with E-state index < -0.39 is 20.5 Å². The minimum absolute atomic E-state index is 0.132. The third kappa shape index (κ3) is 4.84. The lowest BCUT2D eigenvalue weighted by Gasteiger charge is -2.20. The summed E-state index contributed by atoms with van der Waals surface area (Å²) in [7, 11) is -3.50. The maximum atomic E-state index is 13.1. The van der Waals surface area contributed by atoms with E-state index in [9.17, 15) is 13.2 Å². The summed E-state index contributed by atoms with van der Waals surface area (Å²) in [6.07, 6.45) is 3.98. The van der Waals surface area contributed by atoms with Crippen molar-refractivity contribution < 1.29 is 13.2 Å². The Balaban J connectivity index is 1.42. The van der Waals surface area contributed by atoms with E-state index in [1.807, 2.05) is 36.9 Å². The van der Waals surface area contributed by atoms with Crippen molar-refractivity contribution in [2.45, 2.75) is 56.1 Å². The van der Waals surface area contributed by atoms with Crippen LogP contribution in [0.4, 0.5) is 28.8 Å². The first-order valence-corrected chi connectivity index (χ1v) is 14.7. The number of fused-ring (bicyclic) bond motifs is 1. The van der Waals surface area contributed by atoms with Gasteiger partial charge in [-0.05, 0) is 98.3 Å². The average Bonchev–Trinajstić information content (AvgIpc) is 3.66. The van der Waals surface area contributed by atoms with Crippen molar-refractivity contribution in [1.29, 1.82) is 0 Å². The third-order valence-corrected chi connectivity index (χ3v) is 9.74. The number of rotatable bonds is 8. The fraction of sp³-hybridized carbons (Fsp3) is 0.370. The summed E-state index contributed by atoms with van der Waals surface area (Å²) in [5.41, 5.74) is 2.54. The number of nitrogens with one attached hydrogen (secondary N) is 2. The predicted molar refractivity (Wildman–Crippen MR) is 150 cm³/mol. The lowest BCUT2D eigenvalue weighted by atomic mass is 9.86. The number of sulfone groups is 1. The summed E-state index contributed by atoms with van der Waals surface area (Å²) in [6.45, 7) is 8.02. The molecular weight excluding hydrogens is 554 g/mol. The molecule has 1 aliphatic carbocycles. The number of carbonyl (C=O) groups excluding carboxylic acids is 1. The number of hydrogen-bond acceptors (Lipinski definition) is 7. The maximum absolute atomic E-state index is 13.1. The molecule has 0 atom stereocenters. The van der Waals surface area contributed by atoms with Crippen LogP contribution >= 0.6 is 15.9 Å². The Labute approximate surface area is 226 Å². The molecule has 0 unspecified atom stereocenters. The van der Waals surface area contributed by atoms with Crippen molar-refractivity contribution in [3.8, 4) is 0 Å². The van der Waals surface area contributed by atoms with Crippen molar-refractivity contribution in [2.24, 2.45) is 5.92 Å². The Hall–Kier alpha value is -2.98. The Morgan fingerprint density at radius 3 is 2.57 bits per heavy atom. The number of halogens is 1. The van der Waals surface area contributed by atoms with Gasteiger partial charge in [0.2, 0.25) is 11.9 Å². The van der Waals surface area contributed by atoms with Gasteiger partial charge in [0, 0.05) is 24.1 Å². The molecule has 0 spiro atoms. The summed E-state index contributed by atoms with van der Waals surface area (Å²) in [4.78, 5) is 24.2. The van der Waals surface area contributed by atoms with Gasteiger partial charge >= 0.3 is 0 Å². The number of anilines is 5. The monoisotopic (exact) mass is 583 g/mol. The Morgan fingerprint density at radius 2 is 1.86 bits per heavy atom. The van der Waals surface area contributed by atoms with Crippen molar-refractivity contribution in [1.82, 2.24) is 9.97 Å². The summed E-state index contributed by atoms with van der Waals surface area (Å²) >= 11 is 3.46. The molecule has 37 heavy (non-hydrogen) atoms. The summed E-state index contributed by atoms with van der Waals surface area (Å²) < 4.78 is 26.3. The normalized spacial score (nSPS) is 16.7. The highest BCUT2D eigenvalue weighted by molar-refractivity contribution is 9.10. The van der Waals surface area contributed by atoms with E-state index in [-0.39, 0.29) is 10.8 Å². The van der Waals surface area contributed by atoms with Gasteiger partial charge < -0.3 is 15.5 Å². The van der Waals surface area contributed by atoms with E-state index in [4.69, 9.17) is 0 Å².